The van der Waals surface area contributed by atoms with Gasteiger partial charge in [-0.05, 0) is 36.9 Å². The Bertz CT molecular complexity index is 1160. The highest BCUT2D eigenvalue weighted by atomic mass is 16.3. The minimum absolute atomic E-state index is 0.000228. The van der Waals surface area contributed by atoms with Crippen LogP contribution in [0.1, 0.15) is 11.7 Å². The van der Waals surface area contributed by atoms with Gasteiger partial charge in [-0.2, -0.15) is 0 Å². The quantitative estimate of drug-likeness (QED) is 0.687. The van der Waals surface area contributed by atoms with Crippen molar-refractivity contribution in [2.75, 3.05) is 19.0 Å². The minimum atomic E-state index is -0.460. The lowest BCUT2D eigenvalue weighted by Gasteiger charge is -2.27. The summed E-state index contributed by atoms with van der Waals surface area (Å²) in [5, 5.41) is 13.2. The Morgan fingerprint density at radius 2 is 1.71 bits per heavy atom. The number of anilines is 1. The van der Waals surface area contributed by atoms with Crippen LogP contribution in [-0.2, 0) is 11.3 Å². The number of aliphatic hydroxyl groups is 1. The van der Waals surface area contributed by atoms with Gasteiger partial charge in [-0.3, -0.25) is 14.5 Å². The standard InChI is InChI=1S/C25H25N3O3/c1-27-22-19(20(15-29)23(27)24(30)26-17-10-6-3-7-11-17)14-28-21(22)13-12-18(25(28)31)16-8-4-2-5-9-16/h2-13,19-20,22-23,29H,14-15H2,1H3,(H,26,30)/t19-,20-,22+,23-/m1/s1. The van der Waals surface area contributed by atoms with Gasteiger partial charge in [0, 0.05) is 41.9 Å². The number of likely N-dealkylation sites (N-methyl/N-ethyl adjacent to an activating group) is 1. The lowest BCUT2D eigenvalue weighted by molar-refractivity contribution is -0.122. The number of carbonyl (C=O) groups excluding carboxylic acids is 1. The molecule has 2 aromatic carbocycles. The smallest absolute Gasteiger partial charge is 0.258 e. The zero-order chi connectivity index (χ0) is 21.5. The Balaban J connectivity index is 1.47. The molecule has 0 aliphatic carbocycles. The van der Waals surface area contributed by atoms with Crippen LogP contribution in [0.25, 0.3) is 11.1 Å². The Labute approximate surface area is 180 Å². The molecule has 0 bridgehead atoms. The molecule has 1 fully saturated rings. The van der Waals surface area contributed by atoms with Crippen molar-refractivity contribution in [2.24, 2.45) is 11.8 Å². The number of carbonyl (C=O) groups is 1. The molecule has 3 aromatic rings. The van der Waals surface area contributed by atoms with Crippen LogP contribution in [0.5, 0.6) is 0 Å². The van der Waals surface area contributed by atoms with E-state index in [9.17, 15) is 14.7 Å². The van der Waals surface area contributed by atoms with Crippen LogP contribution in [0.2, 0.25) is 0 Å². The summed E-state index contributed by atoms with van der Waals surface area (Å²) in [5.74, 6) is -0.379. The van der Waals surface area contributed by atoms with E-state index >= 15 is 0 Å². The SMILES string of the molecule is CN1[C@@H]2c3ccc(-c4ccccc4)c(=O)n3C[C@@H]2[C@@H](CO)[C@@H]1C(=O)Nc1ccccc1. The lowest BCUT2D eigenvalue weighted by Crippen LogP contribution is -2.44. The first kappa shape index (κ1) is 19.7. The fourth-order valence-corrected chi connectivity index (χ4v) is 5.35. The average Bonchev–Trinajstić information content (AvgIpc) is 3.31. The van der Waals surface area contributed by atoms with Crippen LogP contribution in [0.3, 0.4) is 0 Å². The molecule has 1 amide bonds. The van der Waals surface area contributed by atoms with Gasteiger partial charge in [0.25, 0.3) is 5.56 Å². The van der Waals surface area contributed by atoms with Crippen molar-refractivity contribution in [2.45, 2.75) is 18.6 Å². The minimum Gasteiger partial charge on any atom is -0.396 e. The van der Waals surface area contributed by atoms with E-state index < -0.39 is 6.04 Å². The van der Waals surface area contributed by atoms with E-state index in [2.05, 4.69) is 5.32 Å². The van der Waals surface area contributed by atoms with E-state index in [-0.39, 0.29) is 36.0 Å². The van der Waals surface area contributed by atoms with Crippen molar-refractivity contribution in [1.82, 2.24) is 9.47 Å². The third-order valence-electron chi connectivity index (χ3n) is 6.75. The number of hydrogen-bond donors (Lipinski definition) is 2. The molecule has 2 aliphatic rings. The second-order valence-corrected chi connectivity index (χ2v) is 8.37. The first-order chi connectivity index (χ1) is 15.1. The van der Waals surface area contributed by atoms with Crippen LogP contribution in [-0.4, -0.2) is 40.2 Å². The number of hydrogen-bond acceptors (Lipinski definition) is 4. The largest absolute Gasteiger partial charge is 0.396 e. The van der Waals surface area contributed by atoms with Crippen molar-refractivity contribution in [3.8, 4) is 11.1 Å². The Morgan fingerprint density at radius 3 is 2.39 bits per heavy atom. The molecule has 3 heterocycles. The van der Waals surface area contributed by atoms with Crippen molar-refractivity contribution in [3.63, 3.8) is 0 Å². The van der Waals surface area contributed by atoms with Gasteiger partial charge in [0.15, 0.2) is 0 Å². The Morgan fingerprint density at radius 1 is 1.03 bits per heavy atom. The molecule has 2 N–H and O–H groups in total. The number of fused-ring (bicyclic) bond motifs is 3. The molecule has 6 nitrogen and oxygen atoms in total. The number of para-hydroxylation sites is 1. The highest BCUT2D eigenvalue weighted by Crippen LogP contribution is 2.48. The second kappa shape index (κ2) is 7.80. The van der Waals surface area contributed by atoms with Gasteiger partial charge in [0.1, 0.15) is 0 Å². The normalized spacial score (nSPS) is 24.6. The van der Waals surface area contributed by atoms with E-state index in [0.29, 0.717) is 12.1 Å². The summed E-state index contributed by atoms with van der Waals surface area (Å²) in [6.07, 6.45) is 0. The number of pyridine rings is 1. The maximum atomic E-state index is 13.3. The second-order valence-electron chi connectivity index (χ2n) is 8.37. The highest BCUT2D eigenvalue weighted by molar-refractivity contribution is 5.95. The molecule has 6 heteroatoms. The number of nitrogens with zero attached hydrogens (tertiary/aromatic N) is 2. The molecule has 158 valence electrons. The molecule has 5 rings (SSSR count). The number of likely N-dealkylation sites (tertiary alicyclic amines) is 1. The monoisotopic (exact) mass is 415 g/mol. The van der Waals surface area contributed by atoms with Crippen LogP contribution >= 0.6 is 0 Å². The predicted molar refractivity (Wildman–Crippen MR) is 120 cm³/mol. The van der Waals surface area contributed by atoms with Gasteiger partial charge < -0.3 is 15.0 Å². The summed E-state index contributed by atoms with van der Waals surface area (Å²) < 4.78 is 1.82. The molecular weight excluding hydrogens is 390 g/mol. The summed E-state index contributed by atoms with van der Waals surface area (Å²) >= 11 is 0. The molecule has 1 aromatic heterocycles. The predicted octanol–water partition coefficient (Wildman–Crippen LogP) is 2.75. The molecule has 1 saturated heterocycles. The average molecular weight is 415 g/mol. The Hall–Kier alpha value is -3.22. The van der Waals surface area contributed by atoms with Crippen LogP contribution in [0, 0.1) is 11.8 Å². The number of benzene rings is 2. The van der Waals surface area contributed by atoms with Crippen LogP contribution < -0.4 is 10.9 Å². The molecular formula is C25H25N3O3. The van der Waals surface area contributed by atoms with Crippen molar-refractivity contribution < 1.29 is 9.90 Å². The fraction of sp³-hybridized carbons (Fsp3) is 0.280. The molecule has 2 aliphatic heterocycles. The van der Waals surface area contributed by atoms with Gasteiger partial charge >= 0.3 is 0 Å². The third kappa shape index (κ3) is 3.19. The molecule has 4 atom stereocenters. The van der Waals surface area contributed by atoms with Gasteiger partial charge in [0.2, 0.25) is 5.91 Å². The molecule has 0 saturated carbocycles. The summed E-state index contributed by atoms with van der Waals surface area (Å²) in [6.45, 7) is 0.400. The summed E-state index contributed by atoms with van der Waals surface area (Å²) in [4.78, 5) is 28.4. The van der Waals surface area contributed by atoms with Crippen LogP contribution in [0.4, 0.5) is 5.69 Å². The number of rotatable bonds is 4. The number of amides is 1. The van der Waals surface area contributed by atoms with Crippen molar-refractivity contribution in [1.29, 1.82) is 0 Å². The molecule has 0 radical (unpaired) electrons. The number of aliphatic hydroxyl groups excluding tert-OH is 1. The first-order valence-corrected chi connectivity index (χ1v) is 10.6. The van der Waals surface area contributed by atoms with E-state index in [1.165, 1.54) is 0 Å². The fourth-order valence-electron chi connectivity index (χ4n) is 5.35. The van der Waals surface area contributed by atoms with E-state index in [4.69, 9.17) is 0 Å². The van der Waals surface area contributed by atoms with Gasteiger partial charge in [-0.15, -0.1) is 0 Å². The van der Waals surface area contributed by atoms with Gasteiger partial charge in [0.05, 0.1) is 12.1 Å². The summed E-state index contributed by atoms with van der Waals surface area (Å²) in [6, 6.07) is 22.3. The van der Waals surface area contributed by atoms with E-state index in [0.717, 1.165) is 16.9 Å². The third-order valence-corrected chi connectivity index (χ3v) is 6.75. The van der Waals surface area contributed by atoms with E-state index in [1.54, 1.807) is 0 Å². The zero-order valence-corrected chi connectivity index (χ0v) is 17.3. The number of nitrogens with one attached hydrogen (secondary N) is 1. The molecule has 0 spiro atoms. The molecule has 0 unspecified atom stereocenters. The number of aromatic nitrogens is 1. The maximum Gasteiger partial charge on any atom is 0.258 e. The summed E-state index contributed by atoms with van der Waals surface area (Å²) in [7, 11) is 1.91. The van der Waals surface area contributed by atoms with Crippen LogP contribution in [0.15, 0.2) is 77.6 Å². The molecule has 31 heavy (non-hydrogen) atoms. The Kier molecular flexibility index (Phi) is 4.96. The van der Waals surface area contributed by atoms with Gasteiger partial charge in [-0.25, -0.2) is 0 Å². The highest BCUT2D eigenvalue weighted by Gasteiger charge is 2.54. The zero-order valence-electron chi connectivity index (χ0n) is 17.3. The van der Waals surface area contributed by atoms with Crippen molar-refractivity contribution >= 4 is 11.6 Å². The van der Waals surface area contributed by atoms with E-state index in [1.807, 2.05) is 89.3 Å². The topological polar surface area (TPSA) is 74.6 Å². The van der Waals surface area contributed by atoms with Gasteiger partial charge in [-0.1, -0.05) is 48.5 Å². The van der Waals surface area contributed by atoms with Crippen molar-refractivity contribution in [3.05, 3.63) is 88.8 Å². The maximum absolute atomic E-state index is 13.3. The summed E-state index contributed by atoms with van der Waals surface area (Å²) in [5.41, 5.74) is 3.19. The first-order valence-electron chi connectivity index (χ1n) is 10.6. The lowest BCUT2D eigenvalue weighted by atomic mass is 9.88.